The normalized spacial score (nSPS) is 18.9. The van der Waals surface area contributed by atoms with Gasteiger partial charge in [-0.15, -0.1) is 0 Å². The Morgan fingerprint density at radius 3 is 2.61 bits per heavy atom. The molecule has 118 valence electrons. The Kier molecular flexibility index (Phi) is 3.34. The number of hydrogen-bond donors (Lipinski definition) is 1. The number of amides is 1. The van der Waals surface area contributed by atoms with E-state index in [4.69, 9.17) is 4.74 Å². The third-order valence-corrected chi connectivity index (χ3v) is 4.89. The number of carbonyl (C=O) groups is 1. The Labute approximate surface area is 136 Å². The van der Waals surface area contributed by atoms with Crippen molar-refractivity contribution in [3.63, 3.8) is 0 Å². The molecule has 4 nitrogen and oxygen atoms in total. The standard InChI is InChI=1S/C19H20N2O2/c1-23-16-8-6-14(7-9-16)11-21-12-19(13-21)10-15-4-2-3-5-17(15)20-18(19)22/h2-9H,10-13H2,1H3,(H,20,22). The lowest BCUT2D eigenvalue weighted by Gasteiger charge is -2.51. The van der Waals surface area contributed by atoms with Gasteiger partial charge in [0.1, 0.15) is 5.75 Å². The highest BCUT2D eigenvalue weighted by molar-refractivity contribution is 5.99. The van der Waals surface area contributed by atoms with Crippen LogP contribution in [0, 0.1) is 5.41 Å². The second kappa shape index (κ2) is 5.39. The molecule has 1 fully saturated rings. The van der Waals surface area contributed by atoms with Crippen LogP contribution < -0.4 is 10.1 Å². The molecule has 0 bridgehead atoms. The van der Waals surface area contributed by atoms with Crippen molar-refractivity contribution in [2.45, 2.75) is 13.0 Å². The molecular weight excluding hydrogens is 288 g/mol. The van der Waals surface area contributed by atoms with Gasteiger partial charge in [0, 0.05) is 25.3 Å². The van der Waals surface area contributed by atoms with Crippen LogP contribution in [-0.4, -0.2) is 31.0 Å². The van der Waals surface area contributed by atoms with Gasteiger partial charge in [0.25, 0.3) is 0 Å². The van der Waals surface area contributed by atoms with Gasteiger partial charge in [-0.05, 0) is 35.7 Å². The zero-order chi connectivity index (χ0) is 15.9. The topological polar surface area (TPSA) is 41.6 Å². The van der Waals surface area contributed by atoms with Crippen LogP contribution in [0.1, 0.15) is 11.1 Å². The van der Waals surface area contributed by atoms with Gasteiger partial charge in [0.2, 0.25) is 5.91 Å². The van der Waals surface area contributed by atoms with Crippen LogP contribution in [0.25, 0.3) is 0 Å². The number of hydrogen-bond acceptors (Lipinski definition) is 3. The number of rotatable bonds is 3. The van der Waals surface area contributed by atoms with E-state index in [0.29, 0.717) is 0 Å². The summed E-state index contributed by atoms with van der Waals surface area (Å²) in [6, 6.07) is 16.2. The first-order chi connectivity index (χ1) is 11.2. The van der Waals surface area contributed by atoms with E-state index in [1.54, 1.807) is 7.11 Å². The van der Waals surface area contributed by atoms with E-state index in [-0.39, 0.29) is 11.3 Å². The van der Waals surface area contributed by atoms with E-state index < -0.39 is 0 Å². The first kappa shape index (κ1) is 14.3. The number of benzene rings is 2. The van der Waals surface area contributed by atoms with E-state index in [9.17, 15) is 4.79 Å². The molecule has 1 N–H and O–H groups in total. The van der Waals surface area contributed by atoms with E-state index in [1.165, 1.54) is 11.1 Å². The summed E-state index contributed by atoms with van der Waals surface area (Å²) in [7, 11) is 1.67. The van der Waals surface area contributed by atoms with Gasteiger partial charge in [0.15, 0.2) is 0 Å². The lowest BCUT2D eigenvalue weighted by molar-refractivity contribution is -0.137. The van der Waals surface area contributed by atoms with Gasteiger partial charge >= 0.3 is 0 Å². The second-order valence-corrected chi connectivity index (χ2v) is 6.56. The van der Waals surface area contributed by atoms with Crippen LogP contribution in [-0.2, 0) is 17.8 Å². The van der Waals surface area contributed by atoms with E-state index >= 15 is 0 Å². The number of ether oxygens (including phenoxy) is 1. The van der Waals surface area contributed by atoms with E-state index in [1.807, 2.05) is 30.3 Å². The highest BCUT2D eigenvalue weighted by Crippen LogP contribution is 2.41. The molecule has 23 heavy (non-hydrogen) atoms. The maximum Gasteiger partial charge on any atom is 0.233 e. The van der Waals surface area contributed by atoms with Crippen molar-refractivity contribution in [2.75, 3.05) is 25.5 Å². The molecule has 0 atom stereocenters. The molecular formula is C19H20N2O2. The van der Waals surface area contributed by atoms with Crippen LogP contribution in [0.4, 0.5) is 5.69 Å². The number of para-hydroxylation sites is 1. The van der Waals surface area contributed by atoms with Gasteiger partial charge in [-0.3, -0.25) is 9.69 Å². The summed E-state index contributed by atoms with van der Waals surface area (Å²) < 4.78 is 5.19. The Hall–Kier alpha value is -2.33. The molecule has 2 heterocycles. The van der Waals surface area contributed by atoms with Gasteiger partial charge in [0.05, 0.1) is 12.5 Å². The van der Waals surface area contributed by atoms with Gasteiger partial charge in [-0.25, -0.2) is 0 Å². The monoisotopic (exact) mass is 308 g/mol. The maximum absolute atomic E-state index is 12.5. The summed E-state index contributed by atoms with van der Waals surface area (Å²) in [5, 5.41) is 3.07. The van der Waals surface area contributed by atoms with Crippen LogP contribution in [0.3, 0.4) is 0 Å². The summed E-state index contributed by atoms with van der Waals surface area (Å²) in [5.74, 6) is 1.04. The summed E-state index contributed by atoms with van der Waals surface area (Å²) in [4.78, 5) is 14.8. The van der Waals surface area contributed by atoms with Crippen molar-refractivity contribution >= 4 is 11.6 Å². The molecule has 4 heteroatoms. The van der Waals surface area contributed by atoms with Crippen molar-refractivity contribution in [1.82, 2.24) is 4.90 Å². The third kappa shape index (κ3) is 2.49. The molecule has 2 aromatic carbocycles. The number of nitrogens with one attached hydrogen (secondary N) is 1. The molecule has 0 aliphatic carbocycles. The van der Waals surface area contributed by atoms with E-state index in [0.717, 1.165) is 37.5 Å². The molecule has 2 aliphatic heterocycles. The smallest absolute Gasteiger partial charge is 0.233 e. The number of methoxy groups -OCH3 is 1. The molecule has 4 rings (SSSR count). The van der Waals surface area contributed by atoms with Crippen molar-refractivity contribution in [3.8, 4) is 5.75 Å². The molecule has 2 aromatic rings. The fourth-order valence-corrected chi connectivity index (χ4v) is 3.66. The third-order valence-electron chi connectivity index (χ3n) is 4.89. The van der Waals surface area contributed by atoms with Crippen LogP contribution in [0.5, 0.6) is 5.75 Å². The van der Waals surface area contributed by atoms with Gasteiger partial charge < -0.3 is 10.1 Å². The summed E-state index contributed by atoms with van der Waals surface area (Å²) >= 11 is 0. The molecule has 0 radical (unpaired) electrons. The average molecular weight is 308 g/mol. The number of carbonyl (C=O) groups excluding carboxylic acids is 1. The number of nitrogens with zero attached hydrogens (tertiary/aromatic N) is 1. The largest absolute Gasteiger partial charge is 0.497 e. The number of anilines is 1. The van der Waals surface area contributed by atoms with Gasteiger partial charge in [-0.1, -0.05) is 30.3 Å². The van der Waals surface area contributed by atoms with Crippen LogP contribution >= 0.6 is 0 Å². The summed E-state index contributed by atoms with van der Waals surface area (Å²) in [6.07, 6.45) is 0.841. The molecule has 2 aliphatic rings. The molecule has 0 aromatic heterocycles. The number of likely N-dealkylation sites (tertiary alicyclic amines) is 1. The molecule has 0 unspecified atom stereocenters. The minimum atomic E-state index is -0.249. The van der Waals surface area contributed by atoms with Crippen molar-refractivity contribution in [1.29, 1.82) is 0 Å². The minimum absolute atomic E-state index is 0.169. The summed E-state index contributed by atoms with van der Waals surface area (Å²) in [5.41, 5.74) is 3.21. The van der Waals surface area contributed by atoms with Crippen molar-refractivity contribution in [2.24, 2.45) is 5.41 Å². The number of fused-ring (bicyclic) bond motifs is 1. The average Bonchev–Trinajstić information content (AvgIpc) is 2.54. The first-order valence-corrected chi connectivity index (χ1v) is 7.93. The Morgan fingerprint density at radius 1 is 1.13 bits per heavy atom. The van der Waals surface area contributed by atoms with Crippen molar-refractivity contribution in [3.05, 3.63) is 59.7 Å². The molecule has 0 saturated carbocycles. The quantitative estimate of drug-likeness (QED) is 0.948. The Morgan fingerprint density at radius 2 is 1.87 bits per heavy atom. The highest BCUT2D eigenvalue weighted by atomic mass is 16.5. The van der Waals surface area contributed by atoms with Crippen LogP contribution in [0.15, 0.2) is 48.5 Å². The fourth-order valence-electron chi connectivity index (χ4n) is 3.66. The van der Waals surface area contributed by atoms with Gasteiger partial charge in [-0.2, -0.15) is 0 Å². The first-order valence-electron chi connectivity index (χ1n) is 7.93. The molecule has 1 spiro atoms. The maximum atomic E-state index is 12.5. The highest BCUT2D eigenvalue weighted by Gasteiger charge is 2.51. The lowest BCUT2D eigenvalue weighted by atomic mass is 9.71. The molecule has 1 saturated heterocycles. The lowest BCUT2D eigenvalue weighted by Crippen LogP contribution is -2.63. The Balaban J connectivity index is 1.43. The van der Waals surface area contributed by atoms with E-state index in [2.05, 4.69) is 28.4 Å². The minimum Gasteiger partial charge on any atom is -0.497 e. The SMILES string of the molecule is COc1ccc(CN2CC3(Cc4ccccc4NC3=O)C2)cc1. The fraction of sp³-hybridized carbons (Fsp3) is 0.316. The van der Waals surface area contributed by atoms with Crippen molar-refractivity contribution < 1.29 is 9.53 Å². The Bertz CT molecular complexity index is 733. The molecule has 1 amide bonds. The zero-order valence-electron chi connectivity index (χ0n) is 13.2. The van der Waals surface area contributed by atoms with Crippen LogP contribution in [0.2, 0.25) is 0 Å². The predicted molar refractivity (Wildman–Crippen MR) is 89.5 cm³/mol. The summed E-state index contributed by atoms with van der Waals surface area (Å²) in [6.45, 7) is 2.51. The zero-order valence-corrected chi connectivity index (χ0v) is 13.2. The second-order valence-electron chi connectivity index (χ2n) is 6.56. The predicted octanol–water partition coefficient (Wildman–Crippen LogP) is 2.69.